The Bertz CT molecular complexity index is 456. The third-order valence-corrected chi connectivity index (χ3v) is 3.40. The molecule has 0 atom stereocenters. The van der Waals surface area contributed by atoms with Crippen molar-refractivity contribution >= 4 is 0 Å². The number of methoxy groups -OCH3 is 2. The fourth-order valence-electron chi connectivity index (χ4n) is 1.95. The number of halogens is 3. The number of ether oxygens (including phenoxy) is 2. The van der Waals surface area contributed by atoms with Gasteiger partial charge in [0.25, 0.3) is 0 Å². The summed E-state index contributed by atoms with van der Waals surface area (Å²) in [5, 5.41) is 2.59. The number of nitrogens with one attached hydrogen (secondary N) is 1. The minimum absolute atomic E-state index is 0.118. The molecule has 0 amide bonds. The van der Waals surface area contributed by atoms with E-state index in [1.54, 1.807) is 18.2 Å². The van der Waals surface area contributed by atoms with E-state index in [-0.39, 0.29) is 19.4 Å². The Hall–Kier alpha value is -1.43. The molecule has 0 aromatic heterocycles. The Morgan fingerprint density at radius 2 is 1.89 bits per heavy atom. The van der Waals surface area contributed by atoms with E-state index >= 15 is 0 Å². The van der Waals surface area contributed by atoms with Gasteiger partial charge in [0.15, 0.2) is 0 Å². The van der Waals surface area contributed by atoms with E-state index in [9.17, 15) is 13.2 Å². The van der Waals surface area contributed by atoms with Crippen LogP contribution in [0.25, 0.3) is 0 Å². The molecule has 0 spiro atoms. The van der Waals surface area contributed by atoms with E-state index in [4.69, 9.17) is 9.47 Å². The zero-order chi connectivity index (χ0) is 14.1. The van der Waals surface area contributed by atoms with Crippen molar-refractivity contribution in [2.75, 3.05) is 14.2 Å². The largest absolute Gasteiger partial charge is 0.497 e. The molecule has 0 heterocycles. The Kier molecular flexibility index (Phi) is 3.62. The lowest BCUT2D eigenvalue weighted by Crippen LogP contribution is -2.44. The van der Waals surface area contributed by atoms with Crippen LogP contribution in [-0.4, -0.2) is 25.9 Å². The second-order valence-electron chi connectivity index (χ2n) is 4.61. The maximum atomic E-state index is 12.8. The monoisotopic (exact) mass is 275 g/mol. The van der Waals surface area contributed by atoms with Crippen LogP contribution < -0.4 is 14.8 Å². The van der Waals surface area contributed by atoms with Gasteiger partial charge in [-0.1, -0.05) is 6.07 Å². The molecule has 1 aliphatic rings. The molecule has 1 aromatic carbocycles. The number of hydrogen-bond donors (Lipinski definition) is 1. The van der Waals surface area contributed by atoms with Crippen molar-refractivity contribution in [2.45, 2.75) is 31.1 Å². The maximum Gasteiger partial charge on any atom is 0.406 e. The summed E-state index contributed by atoms with van der Waals surface area (Å²) in [6, 6.07) is 5.06. The summed E-state index contributed by atoms with van der Waals surface area (Å²) in [6.45, 7) is 0.118. The summed E-state index contributed by atoms with van der Waals surface area (Å²) in [4.78, 5) is 0. The van der Waals surface area contributed by atoms with Gasteiger partial charge in [0.05, 0.1) is 14.2 Å². The first kappa shape index (κ1) is 14.0. The van der Waals surface area contributed by atoms with Gasteiger partial charge >= 0.3 is 6.18 Å². The topological polar surface area (TPSA) is 30.5 Å². The Labute approximate surface area is 109 Å². The summed E-state index contributed by atoms with van der Waals surface area (Å²) >= 11 is 0. The summed E-state index contributed by atoms with van der Waals surface area (Å²) in [5.74, 6) is 1.13. The lowest BCUT2D eigenvalue weighted by atomic mass is 10.1. The van der Waals surface area contributed by atoms with Crippen LogP contribution in [0.3, 0.4) is 0 Å². The van der Waals surface area contributed by atoms with Crippen LogP contribution in [0.15, 0.2) is 18.2 Å². The predicted octanol–water partition coefficient (Wildman–Crippen LogP) is 2.89. The number of benzene rings is 1. The van der Waals surface area contributed by atoms with E-state index in [1.165, 1.54) is 14.2 Å². The molecule has 2 rings (SSSR count). The minimum atomic E-state index is -4.20. The standard InChI is InChI=1S/C13H16F3NO2/c1-18-10-4-3-9(11(7-10)19-2)8-17-12(5-6-12)13(14,15)16/h3-4,7,17H,5-6,8H2,1-2H3. The van der Waals surface area contributed by atoms with Crippen molar-refractivity contribution in [1.29, 1.82) is 0 Å². The second kappa shape index (κ2) is 4.92. The summed E-state index contributed by atoms with van der Waals surface area (Å²) in [7, 11) is 3.00. The molecule has 0 radical (unpaired) electrons. The molecular weight excluding hydrogens is 259 g/mol. The van der Waals surface area contributed by atoms with Crippen LogP contribution in [-0.2, 0) is 6.54 Å². The number of alkyl halides is 3. The minimum Gasteiger partial charge on any atom is -0.497 e. The van der Waals surface area contributed by atoms with Crippen LogP contribution in [0.4, 0.5) is 13.2 Å². The molecule has 6 heteroatoms. The highest BCUT2D eigenvalue weighted by molar-refractivity contribution is 5.40. The first-order chi connectivity index (χ1) is 8.92. The maximum absolute atomic E-state index is 12.8. The van der Waals surface area contributed by atoms with Crippen LogP contribution in [0.1, 0.15) is 18.4 Å². The Morgan fingerprint density at radius 1 is 1.21 bits per heavy atom. The van der Waals surface area contributed by atoms with E-state index in [0.717, 1.165) is 0 Å². The van der Waals surface area contributed by atoms with Crippen molar-refractivity contribution in [2.24, 2.45) is 0 Å². The van der Waals surface area contributed by atoms with Crippen LogP contribution in [0, 0.1) is 0 Å². The second-order valence-corrected chi connectivity index (χ2v) is 4.61. The third kappa shape index (κ3) is 2.78. The van der Waals surface area contributed by atoms with Gasteiger partial charge in [-0.3, -0.25) is 5.32 Å². The summed E-state index contributed by atoms with van der Waals surface area (Å²) in [5.41, 5.74) is -1.03. The molecule has 0 aliphatic heterocycles. The molecule has 19 heavy (non-hydrogen) atoms. The van der Waals surface area contributed by atoms with Crippen molar-refractivity contribution in [3.63, 3.8) is 0 Å². The Balaban J connectivity index is 2.08. The van der Waals surface area contributed by atoms with Gasteiger partial charge in [-0.25, -0.2) is 0 Å². The van der Waals surface area contributed by atoms with Crippen molar-refractivity contribution in [3.05, 3.63) is 23.8 Å². The Morgan fingerprint density at radius 3 is 2.37 bits per heavy atom. The van der Waals surface area contributed by atoms with Crippen LogP contribution >= 0.6 is 0 Å². The molecule has 0 unspecified atom stereocenters. The fraction of sp³-hybridized carbons (Fsp3) is 0.538. The van der Waals surface area contributed by atoms with Gasteiger partial charge in [0.2, 0.25) is 0 Å². The molecule has 1 saturated carbocycles. The smallest absolute Gasteiger partial charge is 0.406 e. The van der Waals surface area contributed by atoms with Gasteiger partial charge < -0.3 is 9.47 Å². The molecule has 3 nitrogen and oxygen atoms in total. The zero-order valence-corrected chi connectivity index (χ0v) is 10.8. The summed E-state index contributed by atoms with van der Waals surface area (Å²) < 4.78 is 48.6. The van der Waals surface area contributed by atoms with Gasteiger partial charge in [0, 0.05) is 18.2 Å². The lowest BCUT2D eigenvalue weighted by molar-refractivity contribution is -0.166. The molecule has 0 bridgehead atoms. The first-order valence-corrected chi connectivity index (χ1v) is 5.94. The van der Waals surface area contributed by atoms with Gasteiger partial charge in [-0.15, -0.1) is 0 Å². The van der Waals surface area contributed by atoms with Gasteiger partial charge in [-0.2, -0.15) is 13.2 Å². The average molecular weight is 275 g/mol. The van der Waals surface area contributed by atoms with Crippen LogP contribution in [0.2, 0.25) is 0 Å². The van der Waals surface area contributed by atoms with E-state index in [2.05, 4.69) is 5.32 Å². The molecule has 0 saturated heterocycles. The molecule has 1 aromatic rings. The quantitative estimate of drug-likeness (QED) is 0.896. The molecule has 1 fully saturated rings. The molecule has 1 N–H and O–H groups in total. The number of hydrogen-bond acceptors (Lipinski definition) is 3. The SMILES string of the molecule is COc1ccc(CNC2(C(F)(F)F)CC2)c(OC)c1. The summed E-state index contributed by atoms with van der Waals surface area (Å²) in [6.07, 6.45) is -3.93. The first-order valence-electron chi connectivity index (χ1n) is 5.94. The predicted molar refractivity (Wildman–Crippen MR) is 64.4 cm³/mol. The number of rotatable bonds is 5. The van der Waals surface area contributed by atoms with E-state index < -0.39 is 11.7 Å². The van der Waals surface area contributed by atoms with E-state index in [1.807, 2.05) is 0 Å². The van der Waals surface area contributed by atoms with Crippen molar-refractivity contribution in [1.82, 2.24) is 5.32 Å². The zero-order valence-electron chi connectivity index (χ0n) is 10.8. The normalized spacial score (nSPS) is 17.1. The highest BCUT2D eigenvalue weighted by Crippen LogP contribution is 2.49. The highest BCUT2D eigenvalue weighted by atomic mass is 19.4. The fourth-order valence-corrected chi connectivity index (χ4v) is 1.95. The van der Waals surface area contributed by atoms with Crippen LogP contribution in [0.5, 0.6) is 11.5 Å². The van der Waals surface area contributed by atoms with Crippen molar-refractivity contribution in [3.8, 4) is 11.5 Å². The van der Waals surface area contributed by atoms with Crippen molar-refractivity contribution < 1.29 is 22.6 Å². The lowest BCUT2D eigenvalue weighted by Gasteiger charge is -2.21. The molecular formula is C13H16F3NO2. The molecule has 1 aliphatic carbocycles. The van der Waals surface area contributed by atoms with E-state index in [0.29, 0.717) is 17.1 Å². The highest BCUT2D eigenvalue weighted by Gasteiger charge is 2.62. The van der Waals surface area contributed by atoms with Gasteiger partial charge in [-0.05, 0) is 18.9 Å². The average Bonchev–Trinajstić information content (AvgIpc) is 3.16. The molecule has 106 valence electrons. The van der Waals surface area contributed by atoms with Gasteiger partial charge in [0.1, 0.15) is 17.0 Å². The third-order valence-electron chi connectivity index (χ3n) is 3.40.